The minimum absolute atomic E-state index is 0.0616. The van der Waals surface area contributed by atoms with E-state index in [4.69, 9.17) is 13.9 Å². The van der Waals surface area contributed by atoms with Crippen LogP contribution in [0.1, 0.15) is 65.9 Å². The maximum Gasteiger partial charge on any atom is 0.295 e. The van der Waals surface area contributed by atoms with E-state index in [0.29, 0.717) is 40.3 Å². The molecule has 196 valence electrons. The zero-order valence-corrected chi connectivity index (χ0v) is 23.3. The fraction of sp³-hybridized carbons (Fsp3) is 0.290. The molecule has 0 aliphatic carbocycles. The van der Waals surface area contributed by atoms with Gasteiger partial charge in [-0.05, 0) is 66.9 Å². The average molecular weight is 576 g/mol. The summed E-state index contributed by atoms with van der Waals surface area (Å²) < 4.78 is 18.5. The van der Waals surface area contributed by atoms with Crippen LogP contribution in [-0.4, -0.2) is 19.6 Å². The van der Waals surface area contributed by atoms with Gasteiger partial charge in [-0.1, -0.05) is 60.3 Å². The number of amides is 1. The fourth-order valence-corrected chi connectivity index (χ4v) is 5.35. The largest absolute Gasteiger partial charge is 0.493 e. The Kier molecular flexibility index (Phi) is 7.56. The van der Waals surface area contributed by atoms with Crippen molar-refractivity contribution in [1.82, 2.24) is 0 Å². The van der Waals surface area contributed by atoms with E-state index in [1.807, 2.05) is 49.4 Å². The lowest BCUT2D eigenvalue weighted by Crippen LogP contribution is -2.29. The number of halogens is 1. The van der Waals surface area contributed by atoms with E-state index in [9.17, 15) is 9.59 Å². The summed E-state index contributed by atoms with van der Waals surface area (Å²) in [7, 11) is 1.59. The predicted molar refractivity (Wildman–Crippen MR) is 153 cm³/mol. The molecule has 0 bridgehead atoms. The number of nitrogens with zero attached hydrogens (tertiary/aromatic N) is 1. The molecule has 1 aliphatic heterocycles. The number of unbranched alkanes of at least 4 members (excludes halogenated alkanes) is 3. The Morgan fingerprint density at radius 2 is 1.82 bits per heavy atom. The van der Waals surface area contributed by atoms with Crippen molar-refractivity contribution < 1.29 is 18.7 Å². The zero-order chi connectivity index (χ0) is 26.8. The molecule has 0 saturated heterocycles. The third kappa shape index (κ3) is 4.83. The molecule has 5 rings (SSSR count). The Hall–Kier alpha value is -3.58. The van der Waals surface area contributed by atoms with Gasteiger partial charge in [-0.3, -0.25) is 14.5 Å². The van der Waals surface area contributed by atoms with Gasteiger partial charge in [-0.25, -0.2) is 0 Å². The van der Waals surface area contributed by atoms with Gasteiger partial charge >= 0.3 is 0 Å². The van der Waals surface area contributed by atoms with Crippen molar-refractivity contribution in [3.05, 3.63) is 97.8 Å². The van der Waals surface area contributed by atoms with Crippen LogP contribution in [0.4, 0.5) is 5.69 Å². The molecule has 0 N–H and O–H groups in total. The summed E-state index contributed by atoms with van der Waals surface area (Å²) in [5.41, 5.74) is 2.88. The first kappa shape index (κ1) is 26.0. The SMILES string of the molecule is CCCCCCOc1ccc(C2c3c(oc4ccc(Br)cc4c3=O)C(=O)N2c2cccc(C)c2)cc1OC. The Morgan fingerprint density at radius 3 is 2.58 bits per heavy atom. The summed E-state index contributed by atoms with van der Waals surface area (Å²) in [5, 5.41) is 0.418. The number of aryl methyl sites for hydroxylation is 1. The van der Waals surface area contributed by atoms with Gasteiger partial charge in [0.05, 0.1) is 30.7 Å². The van der Waals surface area contributed by atoms with Crippen molar-refractivity contribution in [1.29, 1.82) is 0 Å². The van der Waals surface area contributed by atoms with E-state index in [2.05, 4.69) is 22.9 Å². The van der Waals surface area contributed by atoms with Crippen LogP contribution >= 0.6 is 15.9 Å². The normalized spacial score (nSPS) is 14.7. The molecular weight excluding hydrogens is 546 g/mol. The van der Waals surface area contributed by atoms with Crippen LogP contribution in [0.25, 0.3) is 11.0 Å². The first-order valence-corrected chi connectivity index (χ1v) is 13.7. The summed E-state index contributed by atoms with van der Waals surface area (Å²) in [6.07, 6.45) is 4.42. The van der Waals surface area contributed by atoms with Gasteiger partial charge in [0.2, 0.25) is 5.76 Å². The lowest BCUT2D eigenvalue weighted by molar-refractivity contribution is 0.0971. The lowest BCUT2D eigenvalue weighted by atomic mass is 9.97. The van der Waals surface area contributed by atoms with E-state index in [1.54, 1.807) is 30.2 Å². The maximum absolute atomic E-state index is 13.9. The van der Waals surface area contributed by atoms with Crippen LogP contribution in [0.5, 0.6) is 11.5 Å². The van der Waals surface area contributed by atoms with E-state index < -0.39 is 6.04 Å². The molecule has 7 heteroatoms. The van der Waals surface area contributed by atoms with E-state index in [0.717, 1.165) is 34.9 Å². The number of fused-ring (bicyclic) bond motifs is 2. The highest BCUT2D eigenvalue weighted by atomic mass is 79.9. The number of benzene rings is 3. The summed E-state index contributed by atoms with van der Waals surface area (Å²) in [4.78, 5) is 29.3. The van der Waals surface area contributed by atoms with Crippen molar-refractivity contribution in [3.63, 3.8) is 0 Å². The van der Waals surface area contributed by atoms with Crippen molar-refractivity contribution in [2.45, 2.75) is 45.6 Å². The minimum Gasteiger partial charge on any atom is -0.493 e. The van der Waals surface area contributed by atoms with Gasteiger partial charge in [-0.2, -0.15) is 0 Å². The molecule has 0 fully saturated rings. The van der Waals surface area contributed by atoms with E-state index in [1.165, 1.54) is 6.42 Å². The van der Waals surface area contributed by atoms with Gasteiger partial charge in [0, 0.05) is 10.2 Å². The molecule has 0 saturated carbocycles. The summed E-state index contributed by atoms with van der Waals surface area (Å²) in [5.74, 6) is 0.893. The number of hydrogen-bond acceptors (Lipinski definition) is 5. The van der Waals surface area contributed by atoms with Crippen LogP contribution in [0.15, 0.2) is 74.3 Å². The topological polar surface area (TPSA) is 69.0 Å². The van der Waals surface area contributed by atoms with E-state index >= 15 is 0 Å². The van der Waals surface area contributed by atoms with E-state index in [-0.39, 0.29) is 17.1 Å². The number of carbonyl (C=O) groups is 1. The Labute approximate surface area is 230 Å². The minimum atomic E-state index is -0.688. The van der Waals surface area contributed by atoms with Crippen LogP contribution < -0.4 is 19.8 Å². The first-order valence-electron chi connectivity index (χ1n) is 12.9. The second-order valence-electron chi connectivity index (χ2n) is 9.55. The highest BCUT2D eigenvalue weighted by molar-refractivity contribution is 9.10. The number of ether oxygens (including phenoxy) is 2. The van der Waals surface area contributed by atoms with Gasteiger partial charge in [0.15, 0.2) is 16.9 Å². The maximum atomic E-state index is 13.9. The van der Waals surface area contributed by atoms with Gasteiger partial charge in [-0.15, -0.1) is 0 Å². The van der Waals surface area contributed by atoms with Gasteiger partial charge in [0.25, 0.3) is 5.91 Å². The van der Waals surface area contributed by atoms with Crippen LogP contribution in [0.2, 0.25) is 0 Å². The molecule has 1 atom stereocenters. The zero-order valence-electron chi connectivity index (χ0n) is 21.8. The smallest absolute Gasteiger partial charge is 0.295 e. The third-order valence-corrected chi connectivity index (χ3v) is 7.36. The molecule has 1 aromatic heterocycles. The Bertz CT molecular complexity index is 1560. The number of hydrogen-bond donors (Lipinski definition) is 0. The number of methoxy groups -OCH3 is 1. The predicted octanol–water partition coefficient (Wildman–Crippen LogP) is 7.58. The molecule has 38 heavy (non-hydrogen) atoms. The first-order chi connectivity index (χ1) is 18.4. The third-order valence-electron chi connectivity index (χ3n) is 6.87. The molecule has 1 unspecified atom stereocenters. The van der Waals surface area contributed by atoms with Crippen molar-refractivity contribution in [3.8, 4) is 11.5 Å². The fourth-order valence-electron chi connectivity index (χ4n) is 4.99. The Morgan fingerprint density at radius 1 is 0.974 bits per heavy atom. The molecule has 4 aromatic rings. The van der Waals surface area contributed by atoms with Crippen LogP contribution in [0.3, 0.4) is 0 Å². The molecule has 3 aromatic carbocycles. The number of rotatable bonds is 9. The standard InChI is InChI=1S/C31H30BrNO5/c1-4-5-6-7-15-37-25-13-11-20(17-26(25)36-3)28-27-29(34)23-18-21(32)12-14-24(23)38-30(27)31(35)33(28)22-10-8-9-19(2)16-22/h8-14,16-18,28H,4-7,15H2,1-3H3. The molecule has 6 nitrogen and oxygen atoms in total. The van der Waals surface area contributed by atoms with Crippen molar-refractivity contribution in [2.24, 2.45) is 0 Å². The second-order valence-corrected chi connectivity index (χ2v) is 10.5. The average Bonchev–Trinajstić information content (AvgIpc) is 3.21. The number of anilines is 1. The number of carbonyl (C=O) groups excluding carboxylic acids is 1. The van der Waals surface area contributed by atoms with Gasteiger partial charge < -0.3 is 13.9 Å². The summed E-state index contributed by atoms with van der Waals surface area (Å²) in [6, 6.07) is 17.8. The quantitative estimate of drug-likeness (QED) is 0.192. The highest BCUT2D eigenvalue weighted by Crippen LogP contribution is 2.43. The van der Waals surface area contributed by atoms with Crippen molar-refractivity contribution >= 4 is 38.5 Å². The molecular formula is C31H30BrNO5. The van der Waals surface area contributed by atoms with Crippen LogP contribution in [0, 0.1) is 6.92 Å². The monoisotopic (exact) mass is 575 g/mol. The Balaban J connectivity index is 1.63. The summed E-state index contributed by atoms with van der Waals surface area (Å²) >= 11 is 3.45. The molecule has 2 heterocycles. The molecule has 1 amide bonds. The molecule has 0 spiro atoms. The molecule has 1 aliphatic rings. The molecule has 0 radical (unpaired) electrons. The van der Waals surface area contributed by atoms with Crippen LogP contribution in [-0.2, 0) is 0 Å². The van der Waals surface area contributed by atoms with Gasteiger partial charge in [0.1, 0.15) is 5.58 Å². The lowest BCUT2D eigenvalue weighted by Gasteiger charge is -2.26. The highest BCUT2D eigenvalue weighted by Gasteiger charge is 2.44. The summed E-state index contributed by atoms with van der Waals surface area (Å²) in [6.45, 7) is 4.74. The van der Waals surface area contributed by atoms with Crippen molar-refractivity contribution in [2.75, 3.05) is 18.6 Å². The second kappa shape index (κ2) is 11.0.